The Kier molecular flexibility index (Phi) is 3.47. The van der Waals surface area contributed by atoms with Gasteiger partial charge in [0.2, 0.25) is 5.82 Å². The molecular formula is C12H14N2O4. The number of rotatable bonds is 4. The Bertz CT molecular complexity index is 539. The number of ether oxygens (including phenoxy) is 1. The zero-order valence-electron chi connectivity index (χ0n) is 10.1. The van der Waals surface area contributed by atoms with E-state index in [9.17, 15) is 10.2 Å². The van der Waals surface area contributed by atoms with Gasteiger partial charge in [-0.3, -0.25) is 0 Å². The zero-order valence-corrected chi connectivity index (χ0v) is 10.1. The predicted molar refractivity (Wildman–Crippen MR) is 63.1 cm³/mol. The summed E-state index contributed by atoms with van der Waals surface area (Å²) in [6.45, 7) is 4.24. The molecule has 0 aliphatic carbocycles. The number of aromatic nitrogens is 2. The fourth-order valence-corrected chi connectivity index (χ4v) is 1.53. The highest BCUT2D eigenvalue weighted by molar-refractivity contribution is 5.63. The largest absolute Gasteiger partial charge is 0.508 e. The van der Waals surface area contributed by atoms with Gasteiger partial charge in [0.15, 0.2) is 0 Å². The molecule has 1 heterocycles. The summed E-state index contributed by atoms with van der Waals surface area (Å²) >= 11 is 0. The first-order valence-corrected chi connectivity index (χ1v) is 5.59. The van der Waals surface area contributed by atoms with E-state index in [1.807, 2.05) is 13.8 Å². The number of nitrogens with zero attached hydrogens (tertiary/aromatic N) is 2. The second kappa shape index (κ2) is 5.05. The molecule has 1 atom stereocenters. The Hall–Kier alpha value is -2.08. The minimum absolute atomic E-state index is 0.0290. The van der Waals surface area contributed by atoms with Crippen molar-refractivity contribution in [2.45, 2.75) is 20.0 Å². The Morgan fingerprint density at radius 1 is 1.39 bits per heavy atom. The van der Waals surface area contributed by atoms with Crippen molar-refractivity contribution in [3.05, 3.63) is 24.0 Å². The Labute approximate surface area is 104 Å². The molecule has 2 rings (SSSR count). The molecule has 0 saturated carbocycles. The molecule has 96 valence electrons. The van der Waals surface area contributed by atoms with Gasteiger partial charge in [-0.05, 0) is 26.0 Å². The van der Waals surface area contributed by atoms with Crippen molar-refractivity contribution < 1.29 is 19.5 Å². The van der Waals surface area contributed by atoms with Gasteiger partial charge in [-0.15, -0.1) is 0 Å². The van der Waals surface area contributed by atoms with E-state index in [0.29, 0.717) is 18.0 Å². The molecule has 0 saturated heterocycles. The highest BCUT2D eigenvalue weighted by atomic mass is 16.5. The number of benzene rings is 1. The standard InChI is InChI=1S/C12H14N2O4/c1-3-17-7(2)11-13-12(18-14-11)9-5-4-8(15)6-10(9)16/h4-7,15-16H,3H2,1-2H3. The number of phenols is 2. The molecule has 6 nitrogen and oxygen atoms in total. The van der Waals surface area contributed by atoms with Crippen LogP contribution in [-0.4, -0.2) is 27.0 Å². The van der Waals surface area contributed by atoms with Crippen LogP contribution in [0.1, 0.15) is 25.8 Å². The van der Waals surface area contributed by atoms with Gasteiger partial charge in [-0.25, -0.2) is 0 Å². The smallest absolute Gasteiger partial charge is 0.261 e. The van der Waals surface area contributed by atoms with Crippen LogP contribution in [0.15, 0.2) is 22.7 Å². The van der Waals surface area contributed by atoms with Gasteiger partial charge in [0.25, 0.3) is 5.89 Å². The van der Waals surface area contributed by atoms with Crippen LogP contribution in [0.25, 0.3) is 11.5 Å². The Balaban J connectivity index is 2.29. The molecule has 0 fully saturated rings. The first-order valence-electron chi connectivity index (χ1n) is 5.59. The SMILES string of the molecule is CCOC(C)c1noc(-c2ccc(O)cc2O)n1. The first-order chi connectivity index (χ1) is 8.61. The summed E-state index contributed by atoms with van der Waals surface area (Å²) < 4.78 is 10.4. The molecule has 0 aliphatic heterocycles. The fourth-order valence-electron chi connectivity index (χ4n) is 1.53. The maximum absolute atomic E-state index is 9.68. The van der Waals surface area contributed by atoms with Crippen LogP contribution in [0.2, 0.25) is 0 Å². The summed E-state index contributed by atoms with van der Waals surface area (Å²) in [5, 5.41) is 22.7. The van der Waals surface area contributed by atoms with Crippen LogP contribution >= 0.6 is 0 Å². The van der Waals surface area contributed by atoms with Crippen LogP contribution < -0.4 is 0 Å². The summed E-state index contributed by atoms with van der Waals surface area (Å²) in [4.78, 5) is 4.15. The highest BCUT2D eigenvalue weighted by Crippen LogP contribution is 2.31. The van der Waals surface area contributed by atoms with E-state index in [1.54, 1.807) is 0 Å². The molecule has 0 bridgehead atoms. The third-order valence-electron chi connectivity index (χ3n) is 2.43. The van der Waals surface area contributed by atoms with Gasteiger partial charge in [0, 0.05) is 12.7 Å². The molecule has 0 aliphatic rings. The lowest BCUT2D eigenvalue weighted by atomic mass is 10.2. The molecule has 1 aromatic carbocycles. The van der Waals surface area contributed by atoms with Gasteiger partial charge in [0.05, 0.1) is 5.56 Å². The molecule has 0 amide bonds. The lowest BCUT2D eigenvalue weighted by Gasteiger charge is -2.04. The van der Waals surface area contributed by atoms with Gasteiger partial charge >= 0.3 is 0 Å². The third-order valence-corrected chi connectivity index (χ3v) is 2.43. The van der Waals surface area contributed by atoms with Gasteiger partial charge in [-0.1, -0.05) is 5.16 Å². The fraction of sp³-hybridized carbons (Fsp3) is 0.333. The second-order valence-electron chi connectivity index (χ2n) is 3.76. The van der Waals surface area contributed by atoms with Crippen molar-refractivity contribution in [3.8, 4) is 23.0 Å². The van der Waals surface area contributed by atoms with E-state index in [0.717, 1.165) is 0 Å². The maximum Gasteiger partial charge on any atom is 0.261 e. The normalized spacial score (nSPS) is 12.6. The Morgan fingerprint density at radius 3 is 2.83 bits per heavy atom. The summed E-state index contributed by atoms with van der Waals surface area (Å²) in [5.74, 6) is 0.460. The van der Waals surface area contributed by atoms with Gasteiger partial charge < -0.3 is 19.5 Å². The lowest BCUT2D eigenvalue weighted by molar-refractivity contribution is 0.0683. The van der Waals surface area contributed by atoms with E-state index in [1.165, 1.54) is 18.2 Å². The molecule has 1 unspecified atom stereocenters. The first kappa shape index (κ1) is 12.4. The second-order valence-corrected chi connectivity index (χ2v) is 3.76. The van der Waals surface area contributed by atoms with Crippen molar-refractivity contribution in [1.29, 1.82) is 0 Å². The summed E-state index contributed by atoms with van der Waals surface area (Å²) in [5.41, 5.74) is 0.371. The van der Waals surface area contributed by atoms with Crippen molar-refractivity contribution in [2.75, 3.05) is 6.61 Å². The molecule has 2 aromatic rings. The zero-order chi connectivity index (χ0) is 13.1. The molecule has 0 radical (unpaired) electrons. The third kappa shape index (κ3) is 2.43. The predicted octanol–water partition coefficient (Wildman–Crippen LogP) is 2.25. The highest BCUT2D eigenvalue weighted by Gasteiger charge is 2.17. The number of aromatic hydroxyl groups is 2. The molecule has 1 aromatic heterocycles. The molecule has 18 heavy (non-hydrogen) atoms. The van der Waals surface area contributed by atoms with Crippen LogP contribution in [0.5, 0.6) is 11.5 Å². The summed E-state index contributed by atoms with van der Waals surface area (Å²) in [6.07, 6.45) is -0.272. The molecular weight excluding hydrogens is 236 g/mol. The van der Waals surface area contributed by atoms with E-state index >= 15 is 0 Å². The van der Waals surface area contributed by atoms with Gasteiger partial charge in [0.1, 0.15) is 17.6 Å². The van der Waals surface area contributed by atoms with Crippen LogP contribution in [0, 0.1) is 0 Å². The summed E-state index contributed by atoms with van der Waals surface area (Å²) in [6, 6.07) is 4.16. The van der Waals surface area contributed by atoms with Crippen LogP contribution in [0.4, 0.5) is 0 Å². The minimum Gasteiger partial charge on any atom is -0.508 e. The topological polar surface area (TPSA) is 88.6 Å². The van der Waals surface area contributed by atoms with Crippen LogP contribution in [0.3, 0.4) is 0 Å². The van der Waals surface area contributed by atoms with Crippen LogP contribution in [-0.2, 0) is 4.74 Å². The van der Waals surface area contributed by atoms with Crippen molar-refractivity contribution in [3.63, 3.8) is 0 Å². The van der Waals surface area contributed by atoms with Crippen molar-refractivity contribution in [2.24, 2.45) is 0 Å². The van der Waals surface area contributed by atoms with E-state index < -0.39 is 0 Å². The average molecular weight is 250 g/mol. The number of hydrogen-bond acceptors (Lipinski definition) is 6. The summed E-state index contributed by atoms with van der Waals surface area (Å²) in [7, 11) is 0. The van der Waals surface area contributed by atoms with E-state index in [4.69, 9.17) is 9.26 Å². The molecule has 2 N–H and O–H groups in total. The number of hydrogen-bond donors (Lipinski definition) is 2. The van der Waals surface area contributed by atoms with Crippen molar-refractivity contribution >= 4 is 0 Å². The van der Waals surface area contributed by atoms with Gasteiger partial charge in [-0.2, -0.15) is 4.98 Å². The van der Waals surface area contributed by atoms with Crippen molar-refractivity contribution in [1.82, 2.24) is 10.1 Å². The van der Waals surface area contributed by atoms with E-state index in [-0.39, 0.29) is 23.5 Å². The minimum atomic E-state index is -0.272. The molecule has 0 spiro atoms. The number of phenolic OH excluding ortho intramolecular Hbond substituents is 2. The Morgan fingerprint density at radius 2 is 2.17 bits per heavy atom. The van der Waals surface area contributed by atoms with E-state index in [2.05, 4.69) is 10.1 Å². The lowest BCUT2D eigenvalue weighted by Crippen LogP contribution is -2.01. The maximum atomic E-state index is 9.68. The molecule has 6 heteroatoms. The quantitative estimate of drug-likeness (QED) is 0.865. The monoisotopic (exact) mass is 250 g/mol. The average Bonchev–Trinajstić information content (AvgIpc) is 2.78.